The molecule has 162 valence electrons. The Labute approximate surface area is 167 Å². The number of rotatable bonds is 2. The molecular formula is C17H15F4N3O5S. The molecule has 0 radical (unpaired) electrons. The highest BCUT2D eigenvalue weighted by Gasteiger charge is 2.43. The average Bonchev–Trinajstić information content (AvgIpc) is 3.07. The van der Waals surface area contributed by atoms with E-state index >= 15 is 0 Å². The molecule has 2 aliphatic heterocycles. The fourth-order valence-corrected chi connectivity index (χ4v) is 4.76. The van der Waals surface area contributed by atoms with Crippen LogP contribution in [0.5, 0.6) is 5.75 Å². The lowest BCUT2D eigenvalue weighted by Crippen LogP contribution is -2.51. The number of amides is 1. The summed E-state index contributed by atoms with van der Waals surface area (Å²) < 4.78 is 85.3. The highest BCUT2D eigenvalue weighted by atomic mass is 32.2. The number of aromatic nitrogens is 2. The maximum atomic E-state index is 14.8. The maximum absolute atomic E-state index is 14.8. The van der Waals surface area contributed by atoms with Crippen LogP contribution in [0.4, 0.5) is 17.6 Å². The lowest BCUT2D eigenvalue weighted by Gasteiger charge is -2.33. The first-order valence-corrected chi connectivity index (χ1v) is 10.6. The number of fused-ring (bicyclic) bond motifs is 1. The second kappa shape index (κ2) is 6.93. The molecule has 0 unspecified atom stereocenters. The SMILES string of the molecule is C[C@@H]1COc2cc(-c3noc(C(F)(F)F)n3)cc(F)c2CN1C(=O)C1CS(=O)(=O)C1. The molecule has 8 nitrogen and oxygen atoms in total. The number of benzene rings is 1. The zero-order valence-corrected chi connectivity index (χ0v) is 16.3. The number of carbonyl (C=O) groups is 1. The molecule has 0 saturated carbocycles. The van der Waals surface area contributed by atoms with Gasteiger partial charge in [-0.15, -0.1) is 0 Å². The number of hydrogen-bond donors (Lipinski definition) is 0. The zero-order valence-electron chi connectivity index (χ0n) is 15.4. The minimum Gasteiger partial charge on any atom is -0.491 e. The first-order chi connectivity index (χ1) is 13.9. The van der Waals surface area contributed by atoms with Gasteiger partial charge in [-0.25, -0.2) is 12.8 Å². The topological polar surface area (TPSA) is 103 Å². The Morgan fingerprint density at radius 2 is 1.97 bits per heavy atom. The molecular weight excluding hydrogens is 434 g/mol. The molecule has 0 spiro atoms. The van der Waals surface area contributed by atoms with Crippen molar-refractivity contribution in [3.63, 3.8) is 0 Å². The van der Waals surface area contributed by atoms with Crippen LogP contribution in [0.3, 0.4) is 0 Å². The van der Waals surface area contributed by atoms with Crippen LogP contribution in [0, 0.1) is 11.7 Å². The predicted molar refractivity (Wildman–Crippen MR) is 92.3 cm³/mol. The van der Waals surface area contributed by atoms with E-state index in [0.29, 0.717) is 0 Å². The van der Waals surface area contributed by atoms with Crippen LogP contribution in [0.15, 0.2) is 16.7 Å². The first-order valence-electron chi connectivity index (χ1n) is 8.82. The van der Waals surface area contributed by atoms with Crippen LogP contribution in [0.25, 0.3) is 11.4 Å². The average molecular weight is 449 g/mol. The van der Waals surface area contributed by atoms with Crippen LogP contribution in [0.1, 0.15) is 18.4 Å². The van der Waals surface area contributed by atoms with Gasteiger partial charge >= 0.3 is 12.1 Å². The largest absolute Gasteiger partial charge is 0.491 e. The highest BCUT2D eigenvalue weighted by molar-refractivity contribution is 7.92. The summed E-state index contributed by atoms with van der Waals surface area (Å²) in [4.78, 5) is 17.3. The third-order valence-electron chi connectivity index (χ3n) is 4.96. The molecule has 4 rings (SSSR count). The standard InChI is InChI=1S/C17H15F4N3O5S/c1-8-5-28-13-3-9(14-22-16(29-23-14)17(19,20)21)2-12(18)11(13)4-24(8)15(25)10-6-30(26,27)7-10/h2-3,8,10H,4-7H2,1H3/t8-/m1/s1. The summed E-state index contributed by atoms with van der Waals surface area (Å²) in [6.45, 7) is 1.49. The van der Waals surface area contributed by atoms with Crippen molar-refractivity contribution in [3.8, 4) is 17.1 Å². The number of alkyl halides is 3. The summed E-state index contributed by atoms with van der Waals surface area (Å²) >= 11 is 0. The van der Waals surface area contributed by atoms with E-state index in [9.17, 15) is 30.8 Å². The molecule has 0 aliphatic carbocycles. The number of nitrogens with zero attached hydrogens (tertiary/aromatic N) is 3. The van der Waals surface area contributed by atoms with Gasteiger partial charge in [-0.3, -0.25) is 4.79 Å². The summed E-state index contributed by atoms with van der Waals surface area (Å²) in [5.74, 6) is -4.40. The summed E-state index contributed by atoms with van der Waals surface area (Å²) in [5.41, 5.74) is -0.0545. The molecule has 13 heteroatoms. The number of ether oxygens (including phenoxy) is 1. The van der Waals surface area contributed by atoms with E-state index in [1.165, 1.54) is 11.0 Å². The third kappa shape index (κ3) is 3.73. The molecule has 0 N–H and O–H groups in total. The second-order valence-corrected chi connectivity index (χ2v) is 9.41. The molecule has 1 fully saturated rings. The van der Waals surface area contributed by atoms with E-state index < -0.39 is 51.4 Å². The van der Waals surface area contributed by atoms with Gasteiger partial charge in [0.05, 0.1) is 30.0 Å². The smallest absolute Gasteiger partial charge is 0.471 e. The third-order valence-corrected chi connectivity index (χ3v) is 6.78. The minimum atomic E-state index is -4.84. The van der Waals surface area contributed by atoms with Gasteiger partial charge < -0.3 is 14.2 Å². The molecule has 1 aromatic heterocycles. The van der Waals surface area contributed by atoms with Gasteiger partial charge in [-0.2, -0.15) is 18.2 Å². The molecule has 1 atom stereocenters. The van der Waals surface area contributed by atoms with Crippen molar-refractivity contribution in [2.75, 3.05) is 18.1 Å². The molecule has 2 aliphatic rings. The van der Waals surface area contributed by atoms with Crippen molar-refractivity contribution >= 4 is 15.7 Å². The monoisotopic (exact) mass is 449 g/mol. The van der Waals surface area contributed by atoms with E-state index in [1.54, 1.807) is 6.92 Å². The van der Waals surface area contributed by atoms with E-state index in [4.69, 9.17) is 4.74 Å². The Hall–Kier alpha value is -2.70. The van der Waals surface area contributed by atoms with Crippen molar-refractivity contribution in [3.05, 3.63) is 29.4 Å². The molecule has 30 heavy (non-hydrogen) atoms. The fraction of sp³-hybridized carbons (Fsp3) is 0.471. The van der Waals surface area contributed by atoms with Gasteiger partial charge in [0.1, 0.15) is 18.2 Å². The molecule has 3 heterocycles. The number of sulfone groups is 1. The summed E-state index contributed by atoms with van der Waals surface area (Å²) in [6, 6.07) is 1.73. The van der Waals surface area contributed by atoms with Crippen molar-refractivity contribution in [1.29, 1.82) is 0 Å². The Morgan fingerprint density at radius 3 is 2.57 bits per heavy atom. The predicted octanol–water partition coefficient (Wildman–Crippen LogP) is 2.05. The van der Waals surface area contributed by atoms with Gasteiger partial charge in [-0.1, -0.05) is 5.16 Å². The fourth-order valence-electron chi connectivity index (χ4n) is 3.34. The van der Waals surface area contributed by atoms with Crippen LogP contribution in [0.2, 0.25) is 0 Å². The number of carbonyl (C=O) groups excluding carboxylic acids is 1. The van der Waals surface area contributed by atoms with Crippen LogP contribution in [-0.4, -0.2) is 53.5 Å². The Kier molecular flexibility index (Phi) is 4.75. The maximum Gasteiger partial charge on any atom is 0.471 e. The number of halogens is 4. The Bertz CT molecular complexity index is 1100. The van der Waals surface area contributed by atoms with Crippen LogP contribution >= 0.6 is 0 Å². The van der Waals surface area contributed by atoms with Gasteiger partial charge in [-0.05, 0) is 19.1 Å². The Morgan fingerprint density at radius 1 is 1.27 bits per heavy atom. The van der Waals surface area contributed by atoms with Gasteiger partial charge in [0.15, 0.2) is 9.84 Å². The summed E-state index contributed by atoms with van der Waals surface area (Å²) in [6.07, 6.45) is -4.84. The Balaban J connectivity index is 1.63. The van der Waals surface area contributed by atoms with Crippen molar-refractivity contribution in [2.24, 2.45) is 5.92 Å². The normalized spacial score (nSPS) is 21.4. The van der Waals surface area contributed by atoms with Gasteiger partial charge in [0, 0.05) is 11.1 Å². The summed E-state index contributed by atoms with van der Waals surface area (Å²) in [5, 5.41) is 3.23. The summed E-state index contributed by atoms with van der Waals surface area (Å²) in [7, 11) is -3.21. The van der Waals surface area contributed by atoms with E-state index in [1.807, 2.05) is 0 Å². The second-order valence-electron chi connectivity index (χ2n) is 7.26. The van der Waals surface area contributed by atoms with E-state index in [-0.39, 0.29) is 41.5 Å². The highest BCUT2D eigenvalue weighted by Crippen LogP contribution is 2.35. The van der Waals surface area contributed by atoms with Crippen LogP contribution < -0.4 is 4.74 Å². The lowest BCUT2D eigenvalue weighted by molar-refractivity contribution is -0.159. The molecule has 0 bridgehead atoms. The molecule has 1 aromatic carbocycles. The van der Waals surface area contributed by atoms with Gasteiger partial charge in [0.25, 0.3) is 0 Å². The molecule has 2 aromatic rings. The quantitative estimate of drug-likeness (QED) is 0.647. The van der Waals surface area contributed by atoms with Crippen LogP contribution in [-0.2, 0) is 27.4 Å². The zero-order chi connectivity index (χ0) is 21.8. The van der Waals surface area contributed by atoms with Crippen molar-refractivity contribution in [2.45, 2.75) is 25.7 Å². The minimum absolute atomic E-state index is 0.0127. The van der Waals surface area contributed by atoms with Crippen molar-refractivity contribution < 1.29 is 40.0 Å². The lowest BCUT2D eigenvalue weighted by atomic mass is 10.1. The van der Waals surface area contributed by atoms with Crippen molar-refractivity contribution in [1.82, 2.24) is 15.0 Å². The van der Waals surface area contributed by atoms with E-state index in [2.05, 4.69) is 14.7 Å². The molecule has 1 saturated heterocycles. The van der Waals surface area contributed by atoms with Gasteiger partial charge in [0.2, 0.25) is 11.7 Å². The molecule has 1 amide bonds. The first kappa shape index (κ1) is 20.6. The van der Waals surface area contributed by atoms with E-state index in [0.717, 1.165) is 6.07 Å². The number of hydrogen-bond acceptors (Lipinski definition) is 7.